The van der Waals surface area contributed by atoms with Crippen molar-refractivity contribution in [2.45, 2.75) is 6.42 Å². The van der Waals surface area contributed by atoms with Crippen molar-refractivity contribution in [3.05, 3.63) is 90.0 Å². The number of hydrogen-bond acceptors (Lipinski definition) is 5. The summed E-state index contributed by atoms with van der Waals surface area (Å²) in [5.41, 5.74) is 3.27. The smallest absolute Gasteiger partial charge is 0.305 e. The van der Waals surface area contributed by atoms with E-state index in [0.717, 1.165) is 27.3 Å². The second-order valence-corrected chi connectivity index (χ2v) is 8.14. The Morgan fingerprint density at radius 1 is 0.735 bits per heavy atom. The molecule has 0 radical (unpaired) electrons. The number of ether oxygens (including phenoxy) is 1. The number of para-hydroxylation sites is 4. The van der Waals surface area contributed by atoms with Crippen LogP contribution in [0.1, 0.15) is 27.1 Å². The molecule has 2 aliphatic rings. The summed E-state index contributed by atoms with van der Waals surface area (Å²) in [5.74, 6) is -0.625. The highest BCUT2D eigenvalue weighted by molar-refractivity contribution is 6.27. The van der Waals surface area contributed by atoms with E-state index in [1.54, 1.807) is 18.2 Å². The minimum Gasteiger partial charge on any atom is -0.481 e. The number of carbonyl (C=O) groups is 3. The van der Waals surface area contributed by atoms with Gasteiger partial charge in [-0.05, 0) is 42.5 Å². The number of amides is 2. The van der Waals surface area contributed by atoms with Crippen LogP contribution in [0.25, 0.3) is 10.8 Å². The van der Waals surface area contributed by atoms with Crippen LogP contribution < -0.4 is 9.64 Å². The molecule has 7 heteroatoms. The largest absolute Gasteiger partial charge is 0.481 e. The molecular weight excluding hydrogens is 432 g/mol. The first kappa shape index (κ1) is 20.0. The fraction of sp³-hybridized carbons (Fsp3) is 0.0741. The molecule has 0 saturated heterocycles. The van der Waals surface area contributed by atoms with Gasteiger partial charge < -0.3 is 14.7 Å². The van der Waals surface area contributed by atoms with Gasteiger partial charge in [0, 0.05) is 28.4 Å². The summed E-state index contributed by atoms with van der Waals surface area (Å²) in [6.07, 6.45) is -0.303. The topological polar surface area (TPSA) is 87.2 Å². The van der Waals surface area contributed by atoms with Gasteiger partial charge in [-0.3, -0.25) is 19.3 Å². The zero-order valence-electron chi connectivity index (χ0n) is 17.9. The van der Waals surface area contributed by atoms with Gasteiger partial charge in [-0.15, -0.1) is 0 Å². The average Bonchev–Trinajstić information content (AvgIpc) is 2.85. The summed E-state index contributed by atoms with van der Waals surface area (Å²) in [6.45, 7) is -0.172. The van der Waals surface area contributed by atoms with Crippen LogP contribution in [-0.4, -0.2) is 34.3 Å². The molecule has 0 fully saturated rings. The average molecular weight is 450 g/mol. The van der Waals surface area contributed by atoms with E-state index in [9.17, 15) is 14.4 Å². The van der Waals surface area contributed by atoms with Crippen LogP contribution in [0, 0.1) is 0 Å². The number of aliphatic carboxylic acids is 1. The predicted molar refractivity (Wildman–Crippen MR) is 126 cm³/mol. The summed E-state index contributed by atoms with van der Waals surface area (Å²) in [5, 5.41) is 10.4. The van der Waals surface area contributed by atoms with E-state index in [-0.39, 0.29) is 13.0 Å². The number of nitrogens with zero attached hydrogens (tertiary/aromatic N) is 2. The quantitative estimate of drug-likeness (QED) is 0.365. The van der Waals surface area contributed by atoms with Crippen LogP contribution in [-0.2, 0) is 4.79 Å². The second kappa shape index (κ2) is 7.45. The summed E-state index contributed by atoms with van der Waals surface area (Å²) < 4.78 is 6.11. The number of carboxylic acids is 1. The molecule has 166 valence electrons. The van der Waals surface area contributed by atoms with Gasteiger partial charge in [-0.2, -0.15) is 0 Å². The van der Waals surface area contributed by atoms with E-state index >= 15 is 0 Å². The third kappa shape index (κ3) is 2.87. The summed E-state index contributed by atoms with van der Waals surface area (Å²) in [6, 6.07) is 24.3. The molecule has 0 unspecified atom stereocenters. The zero-order valence-corrected chi connectivity index (χ0v) is 17.9. The monoisotopic (exact) mass is 450 g/mol. The first-order valence-corrected chi connectivity index (χ1v) is 10.8. The van der Waals surface area contributed by atoms with E-state index in [1.165, 1.54) is 0 Å². The lowest BCUT2D eigenvalue weighted by molar-refractivity contribution is -0.137. The van der Waals surface area contributed by atoms with Crippen molar-refractivity contribution in [1.82, 2.24) is 4.90 Å². The van der Waals surface area contributed by atoms with E-state index in [2.05, 4.69) is 4.90 Å². The van der Waals surface area contributed by atoms with Crippen molar-refractivity contribution in [3.63, 3.8) is 0 Å². The van der Waals surface area contributed by atoms with E-state index in [4.69, 9.17) is 9.84 Å². The molecule has 0 aliphatic carbocycles. The molecule has 7 nitrogen and oxygen atoms in total. The van der Waals surface area contributed by atoms with E-state index < -0.39 is 17.8 Å². The molecule has 0 atom stereocenters. The third-order valence-electron chi connectivity index (χ3n) is 6.19. The Morgan fingerprint density at radius 2 is 1.35 bits per heavy atom. The Labute approximate surface area is 194 Å². The molecule has 2 heterocycles. The van der Waals surface area contributed by atoms with Crippen LogP contribution in [0.2, 0.25) is 0 Å². The number of imide groups is 1. The van der Waals surface area contributed by atoms with Crippen molar-refractivity contribution in [1.29, 1.82) is 0 Å². The van der Waals surface area contributed by atoms with Crippen LogP contribution in [0.15, 0.2) is 78.9 Å². The molecule has 4 aromatic rings. The standard InChI is InChI=1S/C27H18N2O5/c30-24(31)14-15-28-26(32)17-7-5-6-16-19(13-12-18(25(16)17)27(28)33)29-20-8-1-3-10-22(20)34-23-11-4-2-9-21(23)29/h1-13H,14-15H2,(H,30,31). The minimum atomic E-state index is -1.07. The predicted octanol–water partition coefficient (Wildman–Crippen LogP) is 5.49. The van der Waals surface area contributed by atoms with Gasteiger partial charge in [-0.25, -0.2) is 0 Å². The molecule has 34 heavy (non-hydrogen) atoms. The minimum absolute atomic E-state index is 0.172. The highest BCUT2D eigenvalue weighted by atomic mass is 16.5. The van der Waals surface area contributed by atoms with Crippen molar-refractivity contribution in [3.8, 4) is 11.5 Å². The van der Waals surface area contributed by atoms with Crippen molar-refractivity contribution < 1.29 is 24.2 Å². The fourth-order valence-corrected chi connectivity index (χ4v) is 4.70. The van der Waals surface area contributed by atoms with Gasteiger partial charge in [0.15, 0.2) is 11.5 Å². The maximum absolute atomic E-state index is 13.2. The van der Waals surface area contributed by atoms with Crippen molar-refractivity contribution in [2.24, 2.45) is 0 Å². The van der Waals surface area contributed by atoms with Crippen LogP contribution in [0.4, 0.5) is 17.1 Å². The van der Waals surface area contributed by atoms with Crippen LogP contribution >= 0.6 is 0 Å². The number of carboxylic acid groups (broad SMARTS) is 1. The van der Waals surface area contributed by atoms with Gasteiger partial charge in [0.25, 0.3) is 11.8 Å². The molecule has 0 aromatic heterocycles. The molecule has 6 rings (SSSR count). The third-order valence-corrected chi connectivity index (χ3v) is 6.19. The normalized spacial score (nSPS) is 14.0. The Bertz CT molecular complexity index is 1460. The molecule has 0 bridgehead atoms. The number of carbonyl (C=O) groups excluding carboxylic acids is 2. The van der Waals surface area contributed by atoms with Gasteiger partial charge in [0.2, 0.25) is 0 Å². The lowest BCUT2D eigenvalue weighted by atomic mass is 9.92. The van der Waals surface area contributed by atoms with Gasteiger partial charge in [0.05, 0.1) is 23.5 Å². The molecule has 0 saturated carbocycles. The molecule has 1 N–H and O–H groups in total. The molecule has 0 spiro atoms. The number of benzene rings is 4. The van der Waals surface area contributed by atoms with Gasteiger partial charge >= 0.3 is 5.97 Å². The van der Waals surface area contributed by atoms with E-state index in [1.807, 2.05) is 60.7 Å². The second-order valence-electron chi connectivity index (χ2n) is 8.14. The molecular formula is C27H18N2O5. The van der Waals surface area contributed by atoms with Gasteiger partial charge in [0.1, 0.15) is 0 Å². The molecule has 2 amide bonds. The highest BCUT2D eigenvalue weighted by Gasteiger charge is 2.35. The molecule has 4 aromatic carbocycles. The zero-order chi connectivity index (χ0) is 23.4. The van der Waals surface area contributed by atoms with Crippen LogP contribution in [0.5, 0.6) is 11.5 Å². The number of hydrogen-bond donors (Lipinski definition) is 1. The summed E-state index contributed by atoms with van der Waals surface area (Å²) in [7, 11) is 0. The molecule has 2 aliphatic heterocycles. The SMILES string of the molecule is O=C(O)CCN1C(=O)c2cccc3c(N4c5ccccc5Oc5ccccc54)ccc(c23)C1=O. The highest BCUT2D eigenvalue weighted by Crippen LogP contribution is 2.52. The number of rotatable bonds is 4. The first-order chi connectivity index (χ1) is 16.5. The lowest BCUT2D eigenvalue weighted by Gasteiger charge is -2.34. The summed E-state index contributed by atoms with van der Waals surface area (Å²) >= 11 is 0. The number of fused-ring (bicyclic) bond motifs is 2. The number of anilines is 3. The Morgan fingerprint density at radius 3 is 2.00 bits per heavy atom. The Kier molecular flexibility index (Phi) is 4.38. The van der Waals surface area contributed by atoms with Crippen molar-refractivity contribution in [2.75, 3.05) is 11.4 Å². The van der Waals surface area contributed by atoms with Gasteiger partial charge in [-0.1, -0.05) is 36.4 Å². The Hall–Kier alpha value is -4.65. The maximum atomic E-state index is 13.2. The first-order valence-electron chi connectivity index (χ1n) is 10.8. The van der Waals surface area contributed by atoms with Crippen LogP contribution in [0.3, 0.4) is 0 Å². The summed E-state index contributed by atoms with van der Waals surface area (Å²) in [4.78, 5) is 40.5. The van der Waals surface area contributed by atoms with E-state index in [0.29, 0.717) is 28.0 Å². The fourth-order valence-electron chi connectivity index (χ4n) is 4.70. The Balaban J connectivity index is 1.57. The maximum Gasteiger partial charge on any atom is 0.305 e. The lowest BCUT2D eigenvalue weighted by Crippen LogP contribution is -2.41. The van der Waals surface area contributed by atoms with Crippen molar-refractivity contribution >= 4 is 45.6 Å².